The molecule has 2 rings (SSSR count). The summed E-state index contributed by atoms with van der Waals surface area (Å²) in [4.78, 5) is 2.51. The Balaban J connectivity index is 0.00000200. The molecule has 4 heteroatoms. The van der Waals surface area contributed by atoms with Gasteiger partial charge in [0.15, 0.2) is 0 Å². The third-order valence-corrected chi connectivity index (χ3v) is 4.20. The number of rotatable bonds is 5. The highest BCUT2D eigenvalue weighted by Gasteiger charge is 2.20. The van der Waals surface area contributed by atoms with Gasteiger partial charge in [-0.2, -0.15) is 0 Å². The van der Waals surface area contributed by atoms with E-state index in [0.717, 1.165) is 25.6 Å². The van der Waals surface area contributed by atoms with Crippen LogP contribution in [0.1, 0.15) is 38.3 Å². The third-order valence-electron chi connectivity index (χ3n) is 4.20. The van der Waals surface area contributed by atoms with Crippen LogP contribution in [-0.4, -0.2) is 36.2 Å². The molecule has 1 fully saturated rings. The molecule has 2 N–H and O–H groups in total. The Morgan fingerprint density at radius 3 is 2.85 bits per heavy atom. The van der Waals surface area contributed by atoms with Crippen LogP contribution < -0.4 is 5.32 Å². The minimum absolute atomic E-state index is 0. The molecule has 1 aliphatic rings. The molecule has 3 nitrogen and oxygen atoms in total. The van der Waals surface area contributed by atoms with E-state index < -0.39 is 0 Å². The molecule has 0 radical (unpaired) electrons. The van der Waals surface area contributed by atoms with E-state index in [1.807, 2.05) is 12.1 Å². The summed E-state index contributed by atoms with van der Waals surface area (Å²) in [6.07, 6.45) is 2.62. The number of nitrogens with one attached hydrogen (secondary N) is 1. The van der Waals surface area contributed by atoms with Crippen LogP contribution in [0.2, 0.25) is 0 Å². The van der Waals surface area contributed by atoms with Gasteiger partial charge in [0.25, 0.3) is 0 Å². The molecular formula is C16H27ClN2O. The minimum Gasteiger partial charge on any atom is -0.508 e. The number of piperidine rings is 1. The molecule has 1 saturated heterocycles. The number of nitrogens with zero attached hydrogens (tertiary/aromatic N) is 1. The number of phenolic OH excluding ortho intramolecular Hbond substituents is 1. The molecule has 0 spiro atoms. The zero-order valence-electron chi connectivity index (χ0n) is 12.5. The van der Waals surface area contributed by atoms with Gasteiger partial charge in [-0.05, 0) is 63.0 Å². The second-order valence-corrected chi connectivity index (χ2v) is 5.57. The van der Waals surface area contributed by atoms with Gasteiger partial charge in [-0.25, -0.2) is 0 Å². The average Bonchev–Trinajstić information content (AvgIpc) is 2.45. The van der Waals surface area contributed by atoms with E-state index in [1.165, 1.54) is 24.9 Å². The SMILES string of the molecule is CCN(CC1CCCNC1)C(C)c1cccc(O)c1.Cl. The molecule has 0 saturated carbocycles. The number of phenols is 1. The fourth-order valence-electron chi connectivity index (χ4n) is 2.97. The maximum Gasteiger partial charge on any atom is 0.115 e. The monoisotopic (exact) mass is 298 g/mol. The first-order valence-corrected chi connectivity index (χ1v) is 7.44. The number of aromatic hydroxyl groups is 1. The topological polar surface area (TPSA) is 35.5 Å². The summed E-state index contributed by atoms with van der Waals surface area (Å²) in [5.74, 6) is 1.12. The highest BCUT2D eigenvalue weighted by atomic mass is 35.5. The van der Waals surface area contributed by atoms with Gasteiger partial charge in [-0.15, -0.1) is 12.4 Å². The molecule has 0 bridgehead atoms. The molecule has 2 unspecified atom stereocenters. The van der Waals surface area contributed by atoms with Gasteiger partial charge in [-0.1, -0.05) is 19.1 Å². The van der Waals surface area contributed by atoms with Crippen molar-refractivity contribution >= 4 is 12.4 Å². The second-order valence-electron chi connectivity index (χ2n) is 5.57. The van der Waals surface area contributed by atoms with Crippen molar-refractivity contribution in [3.8, 4) is 5.75 Å². The first kappa shape index (κ1) is 17.3. The summed E-state index contributed by atoms with van der Waals surface area (Å²) in [5, 5.41) is 13.1. The van der Waals surface area contributed by atoms with Crippen molar-refractivity contribution in [2.75, 3.05) is 26.2 Å². The molecule has 1 heterocycles. The van der Waals surface area contributed by atoms with Gasteiger partial charge >= 0.3 is 0 Å². The van der Waals surface area contributed by atoms with E-state index in [1.54, 1.807) is 6.07 Å². The van der Waals surface area contributed by atoms with Gasteiger partial charge in [0, 0.05) is 12.6 Å². The Labute approximate surface area is 128 Å². The number of benzene rings is 1. The smallest absolute Gasteiger partial charge is 0.115 e. The zero-order valence-corrected chi connectivity index (χ0v) is 13.3. The maximum absolute atomic E-state index is 9.61. The summed E-state index contributed by atoms with van der Waals surface area (Å²) < 4.78 is 0. The Hall–Kier alpha value is -0.770. The Kier molecular flexibility index (Phi) is 7.35. The number of hydrogen-bond acceptors (Lipinski definition) is 3. The summed E-state index contributed by atoms with van der Waals surface area (Å²) >= 11 is 0. The molecule has 0 aliphatic carbocycles. The van der Waals surface area contributed by atoms with Gasteiger partial charge in [0.05, 0.1) is 0 Å². The largest absolute Gasteiger partial charge is 0.508 e. The van der Waals surface area contributed by atoms with Crippen molar-refractivity contribution in [3.05, 3.63) is 29.8 Å². The normalized spacial score (nSPS) is 20.4. The Morgan fingerprint density at radius 1 is 1.45 bits per heavy atom. The van der Waals surface area contributed by atoms with Crippen LogP contribution >= 0.6 is 12.4 Å². The third kappa shape index (κ3) is 4.65. The number of halogens is 1. The predicted molar refractivity (Wildman–Crippen MR) is 86.6 cm³/mol. The van der Waals surface area contributed by atoms with Crippen molar-refractivity contribution in [1.29, 1.82) is 0 Å². The molecule has 20 heavy (non-hydrogen) atoms. The molecule has 114 valence electrons. The van der Waals surface area contributed by atoms with Crippen molar-refractivity contribution in [3.63, 3.8) is 0 Å². The quantitative estimate of drug-likeness (QED) is 0.876. The van der Waals surface area contributed by atoms with E-state index in [4.69, 9.17) is 0 Å². The molecule has 1 aromatic rings. The lowest BCUT2D eigenvalue weighted by Gasteiger charge is -2.33. The molecule has 1 aliphatic heterocycles. The Morgan fingerprint density at radius 2 is 2.25 bits per heavy atom. The maximum atomic E-state index is 9.61. The van der Waals surface area contributed by atoms with Crippen molar-refractivity contribution in [1.82, 2.24) is 10.2 Å². The predicted octanol–water partition coefficient (Wildman–Crippen LogP) is 3.20. The molecule has 0 aromatic heterocycles. The lowest BCUT2D eigenvalue weighted by Crippen LogP contribution is -2.39. The van der Waals surface area contributed by atoms with Crippen molar-refractivity contribution < 1.29 is 5.11 Å². The van der Waals surface area contributed by atoms with Gasteiger partial charge in [0.2, 0.25) is 0 Å². The summed E-state index contributed by atoms with van der Waals surface area (Å²) in [7, 11) is 0. The highest BCUT2D eigenvalue weighted by Crippen LogP contribution is 2.25. The summed E-state index contributed by atoms with van der Waals surface area (Å²) in [5.41, 5.74) is 1.20. The van der Waals surface area contributed by atoms with Crippen LogP contribution in [-0.2, 0) is 0 Å². The fraction of sp³-hybridized carbons (Fsp3) is 0.625. The van der Waals surface area contributed by atoms with Crippen LogP contribution in [0.4, 0.5) is 0 Å². The second kappa shape index (κ2) is 8.50. The van der Waals surface area contributed by atoms with Gasteiger partial charge in [-0.3, -0.25) is 4.90 Å². The first-order valence-electron chi connectivity index (χ1n) is 7.44. The van der Waals surface area contributed by atoms with E-state index >= 15 is 0 Å². The lowest BCUT2D eigenvalue weighted by molar-refractivity contribution is 0.171. The Bertz CT molecular complexity index is 394. The molecular weight excluding hydrogens is 272 g/mol. The van der Waals surface area contributed by atoms with E-state index in [-0.39, 0.29) is 12.4 Å². The van der Waals surface area contributed by atoms with Crippen molar-refractivity contribution in [2.45, 2.75) is 32.7 Å². The van der Waals surface area contributed by atoms with Gasteiger partial charge in [0.1, 0.15) is 5.75 Å². The molecule has 1 aromatic carbocycles. The summed E-state index contributed by atoms with van der Waals surface area (Å²) in [6.45, 7) is 8.95. The van der Waals surface area contributed by atoms with Crippen LogP contribution in [0.3, 0.4) is 0 Å². The van der Waals surface area contributed by atoms with Crippen LogP contribution in [0.15, 0.2) is 24.3 Å². The highest BCUT2D eigenvalue weighted by molar-refractivity contribution is 5.85. The first-order chi connectivity index (χ1) is 9.20. The average molecular weight is 299 g/mol. The van der Waals surface area contributed by atoms with E-state index in [2.05, 4.69) is 30.1 Å². The van der Waals surface area contributed by atoms with Gasteiger partial charge < -0.3 is 10.4 Å². The van der Waals surface area contributed by atoms with Crippen LogP contribution in [0, 0.1) is 5.92 Å². The van der Waals surface area contributed by atoms with E-state index in [9.17, 15) is 5.11 Å². The zero-order chi connectivity index (χ0) is 13.7. The standard InChI is InChI=1S/C16H26N2O.ClH/c1-3-18(12-14-6-5-9-17-11-14)13(2)15-7-4-8-16(19)10-15;/h4,7-8,10,13-14,17,19H,3,5-6,9,11-12H2,1-2H3;1H. The minimum atomic E-state index is 0. The van der Waals surface area contributed by atoms with Crippen LogP contribution in [0.25, 0.3) is 0 Å². The lowest BCUT2D eigenvalue weighted by atomic mass is 9.97. The van der Waals surface area contributed by atoms with Crippen LogP contribution in [0.5, 0.6) is 5.75 Å². The molecule has 0 amide bonds. The van der Waals surface area contributed by atoms with Crippen molar-refractivity contribution in [2.24, 2.45) is 5.92 Å². The fourth-order valence-corrected chi connectivity index (χ4v) is 2.97. The van der Waals surface area contributed by atoms with E-state index in [0.29, 0.717) is 11.8 Å². The molecule has 2 atom stereocenters. The number of hydrogen-bond donors (Lipinski definition) is 2. The summed E-state index contributed by atoms with van der Waals surface area (Å²) in [6, 6.07) is 8.01.